The van der Waals surface area contributed by atoms with E-state index in [-0.39, 0.29) is 11.6 Å². The zero-order valence-electron chi connectivity index (χ0n) is 23.5. The molecule has 3 aromatic rings. The Morgan fingerprint density at radius 3 is 2.25 bits per heavy atom. The van der Waals surface area contributed by atoms with Crippen molar-refractivity contribution in [3.63, 3.8) is 0 Å². The van der Waals surface area contributed by atoms with Crippen LogP contribution in [0.15, 0.2) is 54.6 Å². The highest BCUT2D eigenvalue weighted by molar-refractivity contribution is 6.08. The molecule has 210 valence electrons. The monoisotopic (exact) mass is 543 g/mol. The number of nitrogens with one attached hydrogen (secondary N) is 2. The summed E-state index contributed by atoms with van der Waals surface area (Å²) in [5, 5.41) is 15.4. The third-order valence-electron chi connectivity index (χ3n) is 7.41. The Balaban J connectivity index is 1.74. The van der Waals surface area contributed by atoms with Crippen LogP contribution in [-0.2, 0) is 4.79 Å². The van der Waals surface area contributed by atoms with E-state index in [1.54, 1.807) is 25.3 Å². The van der Waals surface area contributed by atoms with Gasteiger partial charge in [0.25, 0.3) is 5.91 Å². The summed E-state index contributed by atoms with van der Waals surface area (Å²) in [5.74, 6) is -0.835. The summed E-state index contributed by atoms with van der Waals surface area (Å²) in [5.41, 5.74) is 5.72. The van der Waals surface area contributed by atoms with E-state index in [0.717, 1.165) is 59.9 Å². The number of nitrogens with zero attached hydrogens (tertiary/aromatic N) is 1. The second-order valence-electron chi connectivity index (χ2n) is 10.4. The molecule has 1 aliphatic rings. The number of ether oxygens (including phenoxy) is 1. The number of aliphatic carboxylic acids is 1. The SMILES string of the molecule is COc1ccccc1-c1ccc(C(=O)N(CC(=O)O)C2CCCCC2)c(NC(=O)Nc2c(C)cc(C)cc2C)c1. The van der Waals surface area contributed by atoms with Crippen LogP contribution in [0.4, 0.5) is 16.2 Å². The molecule has 1 fully saturated rings. The van der Waals surface area contributed by atoms with Crippen molar-refractivity contribution in [2.75, 3.05) is 24.3 Å². The van der Waals surface area contributed by atoms with Crippen LogP contribution in [0.2, 0.25) is 0 Å². The number of carbonyl (C=O) groups excluding carboxylic acids is 2. The van der Waals surface area contributed by atoms with Crippen LogP contribution in [0.1, 0.15) is 59.2 Å². The molecule has 0 heterocycles. The maximum atomic E-state index is 13.9. The number of methoxy groups -OCH3 is 1. The first-order valence-corrected chi connectivity index (χ1v) is 13.6. The lowest BCUT2D eigenvalue weighted by atomic mass is 9.93. The van der Waals surface area contributed by atoms with Gasteiger partial charge < -0.3 is 25.4 Å². The summed E-state index contributed by atoms with van der Waals surface area (Å²) in [7, 11) is 1.59. The minimum Gasteiger partial charge on any atom is -0.496 e. The Morgan fingerprint density at radius 2 is 1.60 bits per heavy atom. The summed E-state index contributed by atoms with van der Waals surface area (Å²) in [6, 6.07) is 16.0. The minimum absolute atomic E-state index is 0.161. The lowest BCUT2D eigenvalue weighted by molar-refractivity contribution is -0.138. The topological polar surface area (TPSA) is 108 Å². The highest BCUT2D eigenvalue weighted by Gasteiger charge is 2.30. The standard InChI is InChI=1S/C32H37N3O5/c1-20-16-21(2)30(22(3)17-20)34-32(39)33-27-18-23(25-12-8-9-13-28(25)40-4)14-15-26(27)31(38)35(19-29(36)37)24-10-6-5-7-11-24/h8-9,12-18,24H,5-7,10-11,19H2,1-4H3,(H,36,37)(H2,33,34,39). The van der Waals surface area contributed by atoms with Gasteiger partial charge in [-0.2, -0.15) is 0 Å². The number of carboxylic acids is 1. The van der Waals surface area contributed by atoms with Gasteiger partial charge in [-0.25, -0.2) is 4.79 Å². The number of rotatable bonds is 8. The molecule has 40 heavy (non-hydrogen) atoms. The number of urea groups is 1. The predicted molar refractivity (Wildman–Crippen MR) is 157 cm³/mol. The second kappa shape index (κ2) is 12.7. The van der Waals surface area contributed by atoms with Gasteiger partial charge >= 0.3 is 12.0 Å². The average molecular weight is 544 g/mol. The summed E-state index contributed by atoms with van der Waals surface area (Å²) >= 11 is 0. The molecule has 0 radical (unpaired) electrons. The first-order valence-electron chi connectivity index (χ1n) is 13.6. The van der Waals surface area contributed by atoms with Crippen molar-refractivity contribution in [3.8, 4) is 16.9 Å². The van der Waals surface area contributed by atoms with Crippen molar-refractivity contribution in [1.82, 2.24) is 4.90 Å². The van der Waals surface area contributed by atoms with E-state index >= 15 is 0 Å². The molecular formula is C32H37N3O5. The van der Waals surface area contributed by atoms with Crippen molar-refractivity contribution < 1.29 is 24.2 Å². The van der Waals surface area contributed by atoms with E-state index in [2.05, 4.69) is 10.6 Å². The molecule has 4 rings (SSSR count). The molecule has 1 aliphatic carbocycles. The normalized spacial score (nSPS) is 13.4. The van der Waals surface area contributed by atoms with Gasteiger partial charge in [0.1, 0.15) is 12.3 Å². The molecule has 0 atom stereocenters. The maximum absolute atomic E-state index is 13.9. The number of benzene rings is 3. The summed E-state index contributed by atoms with van der Waals surface area (Å²) in [4.78, 5) is 40.4. The van der Waals surface area contributed by atoms with E-state index in [0.29, 0.717) is 17.1 Å². The number of hydrogen-bond acceptors (Lipinski definition) is 4. The number of para-hydroxylation sites is 1. The van der Waals surface area contributed by atoms with Crippen molar-refractivity contribution in [3.05, 3.63) is 76.9 Å². The summed E-state index contributed by atoms with van der Waals surface area (Å²) in [6.07, 6.45) is 4.48. The van der Waals surface area contributed by atoms with Gasteiger partial charge in [-0.3, -0.25) is 9.59 Å². The molecule has 3 aromatic carbocycles. The van der Waals surface area contributed by atoms with Crippen LogP contribution in [-0.4, -0.2) is 47.6 Å². The summed E-state index contributed by atoms with van der Waals surface area (Å²) in [6.45, 7) is 5.47. The van der Waals surface area contributed by atoms with Gasteiger partial charge in [0.2, 0.25) is 0 Å². The Kier molecular flexibility index (Phi) is 9.09. The lowest BCUT2D eigenvalue weighted by Gasteiger charge is -2.33. The Bertz CT molecular complexity index is 1390. The quantitative estimate of drug-likeness (QED) is 0.290. The average Bonchev–Trinajstić information content (AvgIpc) is 2.93. The summed E-state index contributed by atoms with van der Waals surface area (Å²) < 4.78 is 5.53. The van der Waals surface area contributed by atoms with Gasteiger partial charge in [0.05, 0.1) is 18.4 Å². The molecular weight excluding hydrogens is 506 g/mol. The maximum Gasteiger partial charge on any atom is 0.323 e. The molecule has 0 aliphatic heterocycles. The van der Waals surface area contributed by atoms with Crippen LogP contribution >= 0.6 is 0 Å². The van der Waals surface area contributed by atoms with Crippen molar-refractivity contribution in [2.45, 2.75) is 58.9 Å². The predicted octanol–water partition coefficient (Wildman–Crippen LogP) is 6.79. The Morgan fingerprint density at radius 1 is 0.925 bits per heavy atom. The second-order valence-corrected chi connectivity index (χ2v) is 10.4. The highest BCUT2D eigenvalue weighted by atomic mass is 16.5. The molecule has 0 aromatic heterocycles. The van der Waals surface area contributed by atoms with Crippen LogP contribution < -0.4 is 15.4 Å². The largest absolute Gasteiger partial charge is 0.496 e. The third-order valence-corrected chi connectivity index (χ3v) is 7.41. The minimum atomic E-state index is -1.07. The van der Waals surface area contributed by atoms with Gasteiger partial charge in [-0.05, 0) is 68.5 Å². The van der Waals surface area contributed by atoms with Gasteiger partial charge in [-0.15, -0.1) is 0 Å². The van der Waals surface area contributed by atoms with E-state index in [1.807, 2.05) is 57.2 Å². The van der Waals surface area contributed by atoms with E-state index in [1.165, 1.54) is 4.90 Å². The molecule has 8 nitrogen and oxygen atoms in total. The fourth-order valence-electron chi connectivity index (χ4n) is 5.59. The zero-order chi connectivity index (χ0) is 28.8. The number of aryl methyl sites for hydroxylation is 3. The van der Waals surface area contributed by atoms with Gasteiger partial charge in [-0.1, -0.05) is 61.2 Å². The van der Waals surface area contributed by atoms with Crippen LogP contribution in [0.25, 0.3) is 11.1 Å². The Labute approximate surface area is 235 Å². The smallest absolute Gasteiger partial charge is 0.323 e. The number of anilines is 2. The van der Waals surface area contributed by atoms with Crippen LogP contribution in [0, 0.1) is 20.8 Å². The highest BCUT2D eigenvalue weighted by Crippen LogP contribution is 2.34. The van der Waals surface area contributed by atoms with Crippen LogP contribution in [0.5, 0.6) is 5.75 Å². The molecule has 0 bridgehead atoms. The van der Waals surface area contributed by atoms with Crippen molar-refractivity contribution >= 4 is 29.3 Å². The van der Waals surface area contributed by atoms with Gasteiger partial charge in [0, 0.05) is 17.3 Å². The van der Waals surface area contributed by atoms with Crippen molar-refractivity contribution in [1.29, 1.82) is 0 Å². The van der Waals surface area contributed by atoms with Crippen LogP contribution in [0.3, 0.4) is 0 Å². The van der Waals surface area contributed by atoms with Gasteiger partial charge in [0.15, 0.2) is 0 Å². The lowest BCUT2D eigenvalue weighted by Crippen LogP contribution is -2.44. The molecule has 1 saturated carbocycles. The number of carbonyl (C=O) groups is 3. The molecule has 3 amide bonds. The molecule has 0 unspecified atom stereocenters. The third kappa shape index (κ3) is 6.62. The zero-order valence-corrected chi connectivity index (χ0v) is 23.5. The first kappa shape index (κ1) is 28.7. The molecule has 8 heteroatoms. The fraction of sp³-hybridized carbons (Fsp3) is 0.344. The molecule has 3 N–H and O–H groups in total. The fourth-order valence-corrected chi connectivity index (χ4v) is 5.59. The first-order chi connectivity index (χ1) is 19.2. The molecule has 0 spiro atoms. The Hall–Kier alpha value is -4.33. The van der Waals surface area contributed by atoms with E-state index < -0.39 is 24.5 Å². The van der Waals surface area contributed by atoms with E-state index in [9.17, 15) is 19.5 Å². The van der Waals surface area contributed by atoms with E-state index in [4.69, 9.17) is 4.74 Å². The number of carboxylic acid groups (broad SMARTS) is 1. The molecule has 0 saturated heterocycles. The number of hydrogen-bond donors (Lipinski definition) is 3. The number of amides is 3. The van der Waals surface area contributed by atoms with Crippen molar-refractivity contribution in [2.24, 2.45) is 0 Å².